The molecule has 3 heteroatoms. The van der Waals surface area contributed by atoms with Gasteiger partial charge in [-0.25, -0.2) is 4.79 Å². The van der Waals surface area contributed by atoms with Crippen molar-refractivity contribution in [2.75, 3.05) is 24.6 Å². The minimum absolute atomic E-state index is 0.240. The quantitative estimate of drug-likeness (QED) is 0.731. The predicted molar refractivity (Wildman–Crippen MR) is 63.8 cm³/mol. The Balaban J connectivity index is 2.06. The molecule has 0 atom stereocenters. The van der Waals surface area contributed by atoms with Crippen LogP contribution in [0, 0.1) is 0 Å². The van der Waals surface area contributed by atoms with Crippen molar-refractivity contribution in [2.24, 2.45) is 0 Å². The van der Waals surface area contributed by atoms with Crippen LogP contribution >= 0.6 is 0 Å². The Labute approximate surface area is 96.0 Å². The van der Waals surface area contributed by atoms with Crippen LogP contribution in [0.3, 0.4) is 0 Å². The molecule has 16 heavy (non-hydrogen) atoms. The summed E-state index contributed by atoms with van der Waals surface area (Å²) in [6.45, 7) is 4.49. The number of carbonyl (C=O) groups excluding carboxylic acids is 1. The summed E-state index contributed by atoms with van der Waals surface area (Å²) >= 11 is 0. The highest BCUT2D eigenvalue weighted by molar-refractivity contribution is 5.89. The van der Waals surface area contributed by atoms with Crippen LogP contribution < -0.4 is 4.90 Å². The second-order valence-electron chi connectivity index (χ2n) is 3.96. The molecule has 1 aromatic carbocycles. The molecule has 1 saturated heterocycles. The molecule has 1 aromatic rings. The normalized spacial score (nSPS) is 15.2. The molecule has 0 saturated carbocycles. The summed E-state index contributed by atoms with van der Waals surface area (Å²) in [6, 6.07) is 7.67. The van der Waals surface area contributed by atoms with Gasteiger partial charge in [-0.05, 0) is 44.0 Å². The molecule has 0 spiro atoms. The van der Waals surface area contributed by atoms with Crippen LogP contribution in [-0.4, -0.2) is 25.7 Å². The van der Waals surface area contributed by atoms with E-state index in [1.807, 2.05) is 31.2 Å². The molecule has 1 heterocycles. The van der Waals surface area contributed by atoms with Crippen molar-refractivity contribution in [3.63, 3.8) is 0 Å². The molecule has 0 N–H and O–H groups in total. The van der Waals surface area contributed by atoms with E-state index in [9.17, 15) is 4.79 Å². The van der Waals surface area contributed by atoms with Gasteiger partial charge in [-0.3, -0.25) is 0 Å². The lowest BCUT2D eigenvalue weighted by Crippen LogP contribution is -2.17. The highest BCUT2D eigenvalue weighted by Crippen LogP contribution is 2.20. The first-order chi connectivity index (χ1) is 7.81. The maximum Gasteiger partial charge on any atom is 0.338 e. The maximum atomic E-state index is 11.4. The van der Waals surface area contributed by atoms with Gasteiger partial charge in [-0.1, -0.05) is 0 Å². The van der Waals surface area contributed by atoms with E-state index in [1.54, 1.807) is 0 Å². The highest BCUT2D eigenvalue weighted by Gasteiger charge is 2.13. The third kappa shape index (κ3) is 2.35. The van der Waals surface area contributed by atoms with Crippen LogP contribution in [0.15, 0.2) is 24.3 Å². The van der Waals surface area contributed by atoms with Crippen LogP contribution in [-0.2, 0) is 4.74 Å². The van der Waals surface area contributed by atoms with E-state index < -0.39 is 0 Å². The van der Waals surface area contributed by atoms with Crippen molar-refractivity contribution in [3.8, 4) is 0 Å². The Bertz CT molecular complexity index is 353. The van der Waals surface area contributed by atoms with Crippen LogP contribution in [0.25, 0.3) is 0 Å². The van der Waals surface area contributed by atoms with Crippen molar-refractivity contribution < 1.29 is 9.53 Å². The standard InChI is InChI=1S/C13H17NO2/c1-2-16-13(15)11-5-7-12(8-6-11)14-9-3-4-10-14/h5-8H,2-4,9-10H2,1H3. The van der Waals surface area contributed by atoms with Gasteiger partial charge >= 0.3 is 5.97 Å². The number of ether oxygens (including phenoxy) is 1. The maximum absolute atomic E-state index is 11.4. The lowest BCUT2D eigenvalue weighted by molar-refractivity contribution is 0.0526. The molecule has 1 aliphatic heterocycles. The first-order valence-corrected chi connectivity index (χ1v) is 5.83. The average molecular weight is 219 g/mol. The van der Waals surface area contributed by atoms with E-state index in [2.05, 4.69) is 4.90 Å². The van der Waals surface area contributed by atoms with Gasteiger partial charge in [-0.2, -0.15) is 0 Å². The van der Waals surface area contributed by atoms with E-state index in [-0.39, 0.29) is 5.97 Å². The number of nitrogens with zero attached hydrogens (tertiary/aromatic N) is 1. The van der Waals surface area contributed by atoms with Gasteiger partial charge in [0.15, 0.2) is 0 Å². The first-order valence-electron chi connectivity index (χ1n) is 5.83. The SMILES string of the molecule is CCOC(=O)c1ccc(N2CCCC2)cc1. The van der Waals surface area contributed by atoms with Crippen LogP contribution in [0.4, 0.5) is 5.69 Å². The van der Waals surface area contributed by atoms with Gasteiger partial charge in [-0.15, -0.1) is 0 Å². The Kier molecular flexibility index (Phi) is 3.44. The summed E-state index contributed by atoms with van der Waals surface area (Å²) in [4.78, 5) is 13.8. The molecule has 86 valence electrons. The number of hydrogen-bond acceptors (Lipinski definition) is 3. The lowest BCUT2D eigenvalue weighted by Gasteiger charge is -2.17. The molecule has 0 amide bonds. The van der Waals surface area contributed by atoms with Crippen molar-refractivity contribution in [1.82, 2.24) is 0 Å². The number of rotatable bonds is 3. The molecule has 3 nitrogen and oxygen atoms in total. The number of esters is 1. The zero-order valence-corrected chi connectivity index (χ0v) is 9.61. The monoisotopic (exact) mass is 219 g/mol. The third-order valence-corrected chi connectivity index (χ3v) is 2.85. The highest BCUT2D eigenvalue weighted by atomic mass is 16.5. The van der Waals surface area contributed by atoms with Gasteiger partial charge in [0.05, 0.1) is 12.2 Å². The molecule has 0 aromatic heterocycles. The Hall–Kier alpha value is -1.51. The topological polar surface area (TPSA) is 29.5 Å². The third-order valence-electron chi connectivity index (χ3n) is 2.85. The summed E-state index contributed by atoms with van der Waals surface area (Å²) in [6.07, 6.45) is 2.53. The number of carbonyl (C=O) groups is 1. The van der Waals surface area contributed by atoms with E-state index in [1.165, 1.54) is 18.5 Å². The van der Waals surface area contributed by atoms with Gasteiger partial charge in [0.25, 0.3) is 0 Å². The van der Waals surface area contributed by atoms with Gasteiger partial charge in [0.1, 0.15) is 0 Å². The number of benzene rings is 1. The summed E-state index contributed by atoms with van der Waals surface area (Å²) < 4.78 is 4.94. The molecule has 2 rings (SSSR count). The second kappa shape index (κ2) is 5.01. The van der Waals surface area contributed by atoms with Gasteiger partial charge in [0, 0.05) is 18.8 Å². The van der Waals surface area contributed by atoms with Crippen molar-refractivity contribution in [3.05, 3.63) is 29.8 Å². The summed E-state index contributed by atoms with van der Waals surface area (Å²) in [5.74, 6) is -0.240. The fourth-order valence-corrected chi connectivity index (χ4v) is 2.00. The van der Waals surface area contributed by atoms with E-state index in [0.717, 1.165) is 13.1 Å². The van der Waals surface area contributed by atoms with Crippen LogP contribution in [0.5, 0.6) is 0 Å². The van der Waals surface area contributed by atoms with Crippen LogP contribution in [0.2, 0.25) is 0 Å². The van der Waals surface area contributed by atoms with Gasteiger partial charge < -0.3 is 9.64 Å². The number of hydrogen-bond donors (Lipinski definition) is 0. The molecule has 0 radical (unpaired) electrons. The van der Waals surface area contributed by atoms with Crippen LogP contribution in [0.1, 0.15) is 30.1 Å². The predicted octanol–water partition coefficient (Wildman–Crippen LogP) is 2.46. The summed E-state index contributed by atoms with van der Waals surface area (Å²) in [7, 11) is 0. The Morgan fingerprint density at radius 2 is 1.88 bits per heavy atom. The zero-order chi connectivity index (χ0) is 11.4. The van der Waals surface area contributed by atoms with E-state index in [4.69, 9.17) is 4.74 Å². The number of anilines is 1. The molecule has 0 unspecified atom stereocenters. The first kappa shape index (κ1) is 11.0. The van der Waals surface area contributed by atoms with Gasteiger partial charge in [0.2, 0.25) is 0 Å². The smallest absolute Gasteiger partial charge is 0.338 e. The molecule has 1 aliphatic rings. The molecule has 0 aliphatic carbocycles. The second-order valence-corrected chi connectivity index (χ2v) is 3.96. The molecule has 0 bridgehead atoms. The zero-order valence-electron chi connectivity index (χ0n) is 9.61. The fraction of sp³-hybridized carbons (Fsp3) is 0.462. The Morgan fingerprint density at radius 1 is 1.25 bits per heavy atom. The van der Waals surface area contributed by atoms with Crippen molar-refractivity contribution in [2.45, 2.75) is 19.8 Å². The molecule has 1 fully saturated rings. The lowest BCUT2D eigenvalue weighted by atomic mass is 10.2. The average Bonchev–Trinajstić information content (AvgIpc) is 2.83. The minimum atomic E-state index is -0.240. The summed E-state index contributed by atoms with van der Waals surface area (Å²) in [5, 5.41) is 0. The largest absolute Gasteiger partial charge is 0.462 e. The molecular formula is C13H17NO2. The minimum Gasteiger partial charge on any atom is -0.462 e. The van der Waals surface area contributed by atoms with Crippen molar-refractivity contribution >= 4 is 11.7 Å². The Morgan fingerprint density at radius 3 is 2.44 bits per heavy atom. The van der Waals surface area contributed by atoms with E-state index in [0.29, 0.717) is 12.2 Å². The fourth-order valence-electron chi connectivity index (χ4n) is 2.00. The molecular weight excluding hydrogens is 202 g/mol. The van der Waals surface area contributed by atoms with E-state index >= 15 is 0 Å². The summed E-state index contributed by atoms with van der Waals surface area (Å²) in [5.41, 5.74) is 1.83. The van der Waals surface area contributed by atoms with Crippen molar-refractivity contribution in [1.29, 1.82) is 0 Å².